The second-order valence-electron chi connectivity index (χ2n) is 6.51. The van der Waals surface area contributed by atoms with Crippen molar-refractivity contribution in [2.75, 3.05) is 30.0 Å². The second-order valence-corrected chi connectivity index (χ2v) is 8.51. The third kappa shape index (κ3) is 6.24. The molecular formula is C19H21N5O6S2. The number of non-ortho nitro benzene ring substituents is 1. The van der Waals surface area contributed by atoms with Gasteiger partial charge in [0.1, 0.15) is 5.76 Å². The fraction of sp³-hybridized carbons (Fsp3) is 0.368. The number of thioether (sulfide) groups is 1. The molecule has 0 aliphatic heterocycles. The number of aryl methyl sites for hydroxylation is 1. The Bertz CT molecular complexity index is 1200. The van der Waals surface area contributed by atoms with Crippen molar-refractivity contribution < 1.29 is 23.8 Å². The molecule has 0 radical (unpaired) electrons. The Morgan fingerprint density at radius 1 is 1.38 bits per heavy atom. The number of nitro groups is 1. The zero-order valence-corrected chi connectivity index (χ0v) is 19.0. The molecule has 0 saturated carbocycles. The van der Waals surface area contributed by atoms with Crippen molar-refractivity contribution in [3.05, 3.63) is 44.9 Å². The van der Waals surface area contributed by atoms with Crippen LogP contribution in [0.5, 0.6) is 0 Å². The fourth-order valence-electron chi connectivity index (χ4n) is 2.75. The molecule has 2 heterocycles. The number of hydrogen-bond acceptors (Lipinski definition) is 9. The molecular weight excluding hydrogens is 458 g/mol. The zero-order valence-electron chi connectivity index (χ0n) is 17.4. The molecule has 3 rings (SSSR count). The minimum atomic E-state index is -0.465. The largest absolute Gasteiger partial charge is 0.380 e. The Balaban J connectivity index is 1.70. The summed E-state index contributed by atoms with van der Waals surface area (Å²) in [5.41, 5.74) is 0.708. The van der Waals surface area contributed by atoms with Crippen molar-refractivity contribution in [3.8, 4) is 0 Å². The minimum Gasteiger partial charge on any atom is -0.380 e. The van der Waals surface area contributed by atoms with E-state index in [0.717, 1.165) is 17.3 Å². The fourth-order valence-corrected chi connectivity index (χ4v) is 4.46. The molecule has 0 spiro atoms. The van der Waals surface area contributed by atoms with Crippen LogP contribution in [0.2, 0.25) is 0 Å². The maximum atomic E-state index is 12.4. The number of amides is 2. The summed E-state index contributed by atoms with van der Waals surface area (Å²) in [6.45, 7) is 5.00. The maximum Gasteiger partial charge on any atom is 0.270 e. The lowest BCUT2D eigenvalue weighted by atomic mass is 10.3. The molecule has 0 aliphatic carbocycles. The molecule has 32 heavy (non-hydrogen) atoms. The third-order valence-electron chi connectivity index (χ3n) is 4.12. The van der Waals surface area contributed by atoms with Gasteiger partial charge in [0.2, 0.25) is 5.91 Å². The highest BCUT2D eigenvalue weighted by Gasteiger charge is 2.13. The highest BCUT2D eigenvalue weighted by molar-refractivity contribution is 8.00. The van der Waals surface area contributed by atoms with Crippen LogP contribution in [-0.2, 0) is 20.9 Å². The van der Waals surface area contributed by atoms with E-state index in [4.69, 9.17) is 9.26 Å². The third-order valence-corrected chi connectivity index (χ3v) is 6.07. The summed E-state index contributed by atoms with van der Waals surface area (Å²) in [5, 5.41) is 17.3. The van der Waals surface area contributed by atoms with Crippen LogP contribution < -0.4 is 10.1 Å². The lowest BCUT2D eigenvalue weighted by Gasteiger charge is -2.05. The Labute approximate surface area is 190 Å². The van der Waals surface area contributed by atoms with Gasteiger partial charge in [-0.05, 0) is 19.9 Å². The SMILES string of the molecule is CCOCCn1c(=NC(=O)CSCC(=O)Nc2cc(C)on2)sc2cc([N+](=O)[O-])ccc21. The predicted octanol–water partition coefficient (Wildman–Crippen LogP) is 2.74. The molecule has 11 nitrogen and oxygen atoms in total. The topological polar surface area (TPSA) is 142 Å². The van der Waals surface area contributed by atoms with Gasteiger partial charge >= 0.3 is 0 Å². The number of nitrogens with one attached hydrogen (secondary N) is 1. The first-order valence-electron chi connectivity index (χ1n) is 9.61. The molecule has 3 aromatic rings. The second kappa shape index (κ2) is 11.0. The van der Waals surface area contributed by atoms with E-state index in [1.54, 1.807) is 19.1 Å². The van der Waals surface area contributed by atoms with Gasteiger partial charge in [-0.2, -0.15) is 4.99 Å². The van der Waals surface area contributed by atoms with E-state index in [1.807, 2.05) is 11.5 Å². The number of nitrogens with zero attached hydrogens (tertiary/aromatic N) is 4. The molecule has 0 atom stereocenters. The van der Waals surface area contributed by atoms with Crippen molar-refractivity contribution in [1.82, 2.24) is 9.72 Å². The van der Waals surface area contributed by atoms with E-state index in [1.165, 1.54) is 23.5 Å². The zero-order chi connectivity index (χ0) is 23.1. The van der Waals surface area contributed by atoms with E-state index >= 15 is 0 Å². The number of hydrogen-bond donors (Lipinski definition) is 1. The molecule has 2 amide bonds. The van der Waals surface area contributed by atoms with Gasteiger partial charge < -0.3 is 19.1 Å². The van der Waals surface area contributed by atoms with Crippen LogP contribution in [0, 0.1) is 17.0 Å². The molecule has 1 aromatic carbocycles. The summed E-state index contributed by atoms with van der Waals surface area (Å²) in [6, 6.07) is 6.12. The van der Waals surface area contributed by atoms with Crippen LogP contribution in [0.3, 0.4) is 0 Å². The summed E-state index contributed by atoms with van der Waals surface area (Å²) >= 11 is 2.32. The number of ether oxygens (including phenoxy) is 1. The number of aromatic nitrogens is 2. The van der Waals surface area contributed by atoms with Crippen molar-refractivity contribution in [2.24, 2.45) is 4.99 Å². The number of nitro benzene ring substituents is 1. The van der Waals surface area contributed by atoms with Crippen LogP contribution in [0.1, 0.15) is 12.7 Å². The number of rotatable bonds is 10. The van der Waals surface area contributed by atoms with E-state index in [9.17, 15) is 19.7 Å². The Morgan fingerprint density at radius 3 is 2.88 bits per heavy atom. The lowest BCUT2D eigenvalue weighted by molar-refractivity contribution is -0.384. The van der Waals surface area contributed by atoms with Crippen LogP contribution in [0.25, 0.3) is 10.2 Å². The first-order valence-corrected chi connectivity index (χ1v) is 11.6. The normalized spacial score (nSPS) is 11.8. The molecule has 0 unspecified atom stereocenters. The summed E-state index contributed by atoms with van der Waals surface area (Å²) in [7, 11) is 0. The van der Waals surface area contributed by atoms with Gasteiger partial charge in [0, 0.05) is 31.4 Å². The number of anilines is 1. The number of carbonyl (C=O) groups is 2. The molecule has 0 fully saturated rings. The van der Waals surface area contributed by atoms with Crippen molar-refractivity contribution in [2.45, 2.75) is 20.4 Å². The number of fused-ring (bicyclic) bond motifs is 1. The summed E-state index contributed by atoms with van der Waals surface area (Å²) < 4.78 is 12.7. The van der Waals surface area contributed by atoms with Gasteiger partial charge in [0.05, 0.1) is 33.3 Å². The first-order chi connectivity index (χ1) is 15.4. The summed E-state index contributed by atoms with van der Waals surface area (Å²) in [6.07, 6.45) is 0. The van der Waals surface area contributed by atoms with Crippen LogP contribution in [0.4, 0.5) is 11.5 Å². The molecule has 170 valence electrons. The Hall–Kier alpha value is -3.03. The molecule has 0 saturated heterocycles. The Kier molecular flexibility index (Phi) is 8.14. The molecule has 1 N–H and O–H groups in total. The van der Waals surface area contributed by atoms with Gasteiger partial charge in [0.25, 0.3) is 11.6 Å². The minimum absolute atomic E-state index is 0.00508. The van der Waals surface area contributed by atoms with Gasteiger partial charge in [-0.1, -0.05) is 16.5 Å². The lowest BCUT2D eigenvalue weighted by Crippen LogP contribution is -2.20. The van der Waals surface area contributed by atoms with Crippen LogP contribution in [0.15, 0.2) is 33.8 Å². The number of thiazole rings is 1. The molecule has 0 bridgehead atoms. The summed E-state index contributed by atoms with van der Waals surface area (Å²) in [5.74, 6) is 0.233. The van der Waals surface area contributed by atoms with Gasteiger partial charge in [-0.25, -0.2) is 0 Å². The van der Waals surface area contributed by atoms with E-state index in [2.05, 4.69) is 15.5 Å². The average Bonchev–Trinajstić information content (AvgIpc) is 3.30. The van der Waals surface area contributed by atoms with Crippen molar-refractivity contribution >= 4 is 56.6 Å². The smallest absolute Gasteiger partial charge is 0.270 e. The first kappa shape index (κ1) is 23.6. The highest BCUT2D eigenvalue weighted by atomic mass is 32.2. The number of carbonyl (C=O) groups excluding carboxylic acids is 2. The monoisotopic (exact) mass is 479 g/mol. The van der Waals surface area contributed by atoms with E-state index in [0.29, 0.717) is 40.8 Å². The van der Waals surface area contributed by atoms with Crippen molar-refractivity contribution in [3.63, 3.8) is 0 Å². The molecule has 13 heteroatoms. The van der Waals surface area contributed by atoms with E-state index < -0.39 is 10.8 Å². The van der Waals surface area contributed by atoms with Crippen LogP contribution in [-0.4, -0.2) is 51.2 Å². The maximum absolute atomic E-state index is 12.4. The van der Waals surface area contributed by atoms with Gasteiger partial charge in [0.15, 0.2) is 10.6 Å². The van der Waals surface area contributed by atoms with Crippen molar-refractivity contribution in [1.29, 1.82) is 0 Å². The summed E-state index contributed by atoms with van der Waals surface area (Å²) in [4.78, 5) is 39.5. The van der Waals surface area contributed by atoms with Gasteiger partial charge in [-0.3, -0.25) is 19.7 Å². The molecule has 0 aliphatic rings. The van der Waals surface area contributed by atoms with Gasteiger partial charge in [-0.15, -0.1) is 11.8 Å². The highest BCUT2D eigenvalue weighted by Crippen LogP contribution is 2.23. The average molecular weight is 480 g/mol. The standard InChI is InChI=1S/C19H21N5O6S2/c1-3-29-7-6-23-14-5-4-13(24(27)28)9-15(14)32-19(23)21-18(26)11-31-10-17(25)20-16-8-12(2)30-22-16/h4-5,8-9H,3,6-7,10-11H2,1-2H3,(H,20,22,25). The van der Waals surface area contributed by atoms with E-state index in [-0.39, 0.29) is 23.1 Å². The number of benzene rings is 1. The quantitative estimate of drug-likeness (QED) is 0.266. The molecule has 2 aromatic heterocycles. The van der Waals surface area contributed by atoms with Crippen LogP contribution >= 0.6 is 23.1 Å². The Morgan fingerprint density at radius 2 is 2.19 bits per heavy atom. The predicted molar refractivity (Wildman–Crippen MR) is 121 cm³/mol.